The van der Waals surface area contributed by atoms with E-state index >= 15 is 0 Å². The molecule has 182 valence electrons. The summed E-state index contributed by atoms with van der Waals surface area (Å²) in [5.74, 6) is -0.249. The predicted octanol–water partition coefficient (Wildman–Crippen LogP) is 2.44. The molecule has 7 heteroatoms. The van der Waals surface area contributed by atoms with Crippen LogP contribution >= 0.6 is 0 Å². The van der Waals surface area contributed by atoms with E-state index in [1.54, 1.807) is 0 Å². The van der Waals surface area contributed by atoms with E-state index in [-0.39, 0.29) is 52.9 Å². The number of aliphatic hydroxyl groups excluding tert-OH is 3. The molecule has 0 heterocycles. The van der Waals surface area contributed by atoms with Crippen molar-refractivity contribution >= 4 is 11.7 Å². The standard InChI is InChI=1S/C25H41NO6/c1-13(4-7-19(28)23(31)26-32)16-5-6-17-22-18(12-21(30)25(16,17)3)24(2)9-8-15(27)10-14(24)11-20(22)29/h13-18,20-22,27,29-30,32H,4-12H2,1-3H3,(H,26,31). The highest BCUT2D eigenvalue weighted by molar-refractivity contribution is 6.35. The van der Waals surface area contributed by atoms with Crippen molar-refractivity contribution in [2.24, 2.45) is 46.3 Å². The largest absolute Gasteiger partial charge is 0.393 e. The van der Waals surface area contributed by atoms with Crippen LogP contribution in [0.3, 0.4) is 0 Å². The zero-order valence-electron chi connectivity index (χ0n) is 19.7. The van der Waals surface area contributed by atoms with Crippen LogP contribution < -0.4 is 5.48 Å². The summed E-state index contributed by atoms with van der Waals surface area (Å²) in [7, 11) is 0. The first kappa shape index (κ1) is 24.1. The second-order valence-corrected chi connectivity index (χ2v) is 11.9. The number of hydroxylamine groups is 1. The Bertz CT molecular complexity index is 744. The molecular formula is C25H41NO6. The first-order chi connectivity index (χ1) is 15.0. The van der Waals surface area contributed by atoms with E-state index in [4.69, 9.17) is 5.21 Å². The van der Waals surface area contributed by atoms with Gasteiger partial charge < -0.3 is 15.3 Å². The molecule has 0 radical (unpaired) electrons. The Morgan fingerprint density at radius 3 is 2.44 bits per heavy atom. The maximum absolute atomic E-state index is 11.9. The molecule has 4 fully saturated rings. The maximum Gasteiger partial charge on any atom is 0.310 e. The molecule has 5 N–H and O–H groups in total. The molecule has 32 heavy (non-hydrogen) atoms. The van der Waals surface area contributed by atoms with Gasteiger partial charge in [-0.25, -0.2) is 5.48 Å². The van der Waals surface area contributed by atoms with Crippen molar-refractivity contribution in [3.63, 3.8) is 0 Å². The van der Waals surface area contributed by atoms with Crippen molar-refractivity contribution < 1.29 is 30.1 Å². The first-order valence-electron chi connectivity index (χ1n) is 12.6. The molecule has 0 spiro atoms. The third-order valence-corrected chi connectivity index (χ3v) is 10.7. The fraction of sp³-hybridized carbons (Fsp3) is 0.920. The number of aliphatic hydroxyl groups is 3. The summed E-state index contributed by atoms with van der Waals surface area (Å²) in [6, 6.07) is 0. The summed E-state index contributed by atoms with van der Waals surface area (Å²) in [4.78, 5) is 23.2. The van der Waals surface area contributed by atoms with Gasteiger partial charge >= 0.3 is 5.91 Å². The van der Waals surface area contributed by atoms with Crippen molar-refractivity contribution in [2.45, 2.75) is 96.9 Å². The van der Waals surface area contributed by atoms with Crippen molar-refractivity contribution in [3.05, 3.63) is 0 Å². The Morgan fingerprint density at radius 2 is 1.75 bits per heavy atom. The second-order valence-electron chi connectivity index (χ2n) is 11.9. The number of Topliss-reactive ketones (excluding diaryl/α,β-unsaturated/α-hetero) is 1. The number of carbonyl (C=O) groups excluding carboxylic acids is 2. The zero-order valence-corrected chi connectivity index (χ0v) is 19.7. The highest BCUT2D eigenvalue weighted by Gasteiger charge is 2.65. The molecule has 7 nitrogen and oxygen atoms in total. The minimum atomic E-state index is -0.973. The van der Waals surface area contributed by atoms with Gasteiger partial charge in [-0.05, 0) is 97.7 Å². The highest BCUT2D eigenvalue weighted by atomic mass is 16.5. The molecule has 11 unspecified atom stereocenters. The van der Waals surface area contributed by atoms with Gasteiger partial charge in [0.05, 0.1) is 18.3 Å². The van der Waals surface area contributed by atoms with E-state index in [1.165, 1.54) is 5.48 Å². The van der Waals surface area contributed by atoms with Gasteiger partial charge in [0, 0.05) is 6.42 Å². The summed E-state index contributed by atoms with van der Waals surface area (Å²) >= 11 is 0. The number of carbonyl (C=O) groups is 2. The van der Waals surface area contributed by atoms with Crippen molar-refractivity contribution in [3.8, 4) is 0 Å². The number of amides is 1. The molecule has 4 rings (SSSR count). The molecule has 1 amide bonds. The monoisotopic (exact) mass is 451 g/mol. The van der Waals surface area contributed by atoms with Crippen LogP contribution in [0, 0.1) is 46.3 Å². The van der Waals surface area contributed by atoms with Crippen LogP contribution in [0.1, 0.15) is 78.6 Å². The number of hydrogen-bond acceptors (Lipinski definition) is 6. The molecule has 4 aliphatic carbocycles. The van der Waals surface area contributed by atoms with Gasteiger partial charge in [0.25, 0.3) is 0 Å². The molecule has 0 aliphatic heterocycles. The predicted molar refractivity (Wildman–Crippen MR) is 117 cm³/mol. The summed E-state index contributed by atoms with van der Waals surface area (Å²) in [5.41, 5.74) is 1.15. The SMILES string of the molecule is CC(CCC(=O)C(=O)NO)C1CCC2C3C(O)CC4CC(O)CCC4(C)C3CC(O)C12C. The van der Waals surface area contributed by atoms with Crippen LogP contribution in [-0.2, 0) is 9.59 Å². The minimum absolute atomic E-state index is 0.0548. The third kappa shape index (κ3) is 3.64. The van der Waals surface area contributed by atoms with E-state index in [0.29, 0.717) is 18.8 Å². The molecular weight excluding hydrogens is 410 g/mol. The highest BCUT2D eigenvalue weighted by Crippen LogP contribution is 2.68. The number of fused-ring (bicyclic) bond motifs is 5. The number of ketones is 1. The molecule has 0 aromatic heterocycles. The average Bonchev–Trinajstić information content (AvgIpc) is 3.11. The summed E-state index contributed by atoms with van der Waals surface area (Å²) in [5, 5.41) is 41.8. The Morgan fingerprint density at radius 1 is 1.03 bits per heavy atom. The first-order valence-corrected chi connectivity index (χ1v) is 12.6. The topological polar surface area (TPSA) is 127 Å². The summed E-state index contributed by atoms with van der Waals surface area (Å²) in [6.07, 6.45) is 5.35. The smallest absolute Gasteiger partial charge is 0.310 e. The van der Waals surface area contributed by atoms with E-state index in [1.807, 2.05) is 0 Å². The van der Waals surface area contributed by atoms with Crippen LogP contribution in [0.4, 0.5) is 0 Å². The van der Waals surface area contributed by atoms with Crippen molar-refractivity contribution in [1.82, 2.24) is 5.48 Å². The lowest BCUT2D eigenvalue weighted by Crippen LogP contribution is -2.62. The van der Waals surface area contributed by atoms with Crippen molar-refractivity contribution in [1.29, 1.82) is 0 Å². The number of rotatable bonds is 5. The number of nitrogens with one attached hydrogen (secondary N) is 1. The molecule has 0 bridgehead atoms. The van der Waals surface area contributed by atoms with Gasteiger partial charge in [-0.1, -0.05) is 20.8 Å². The molecule has 4 saturated carbocycles. The summed E-state index contributed by atoms with van der Waals surface area (Å²) in [6.45, 7) is 6.61. The quantitative estimate of drug-likeness (QED) is 0.248. The zero-order chi connectivity index (χ0) is 23.4. The fourth-order valence-corrected chi connectivity index (χ4v) is 8.87. The van der Waals surface area contributed by atoms with Gasteiger partial charge in [0.2, 0.25) is 5.78 Å². The van der Waals surface area contributed by atoms with Gasteiger partial charge in [0.1, 0.15) is 0 Å². The lowest BCUT2D eigenvalue weighted by atomic mass is 9.43. The Hall–Kier alpha value is -1.02. The van der Waals surface area contributed by atoms with Crippen LogP contribution in [0.2, 0.25) is 0 Å². The van der Waals surface area contributed by atoms with E-state index in [9.17, 15) is 24.9 Å². The molecule has 0 aromatic rings. The molecule has 0 saturated heterocycles. The summed E-state index contributed by atoms with van der Waals surface area (Å²) < 4.78 is 0. The Kier molecular flexibility index (Phi) is 6.51. The molecule has 11 atom stereocenters. The Balaban J connectivity index is 1.54. The second kappa shape index (κ2) is 8.64. The normalized spacial score (nSPS) is 48.8. The average molecular weight is 452 g/mol. The van der Waals surface area contributed by atoms with Crippen LogP contribution in [0.5, 0.6) is 0 Å². The van der Waals surface area contributed by atoms with E-state index in [2.05, 4.69) is 20.8 Å². The van der Waals surface area contributed by atoms with E-state index < -0.39 is 23.9 Å². The van der Waals surface area contributed by atoms with Gasteiger partial charge in [0.15, 0.2) is 0 Å². The van der Waals surface area contributed by atoms with E-state index in [0.717, 1.165) is 38.5 Å². The van der Waals surface area contributed by atoms with Gasteiger partial charge in [-0.2, -0.15) is 0 Å². The van der Waals surface area contributed by atoms with Crippen LogP contribution in [0.25, 0.3) is 0 Å². The third-order valence-electron chi connectivity index (χ3n) is 10.7. The van der Waals surface area contributed by atoms with Crippen molar-refractivity contribution in [2.75, 3.05) is 0 Å². The molecule has 4 aliphatic rings. The van der Waals surface area contributed by atoms with Crippen LogP contribution in [0.15, 0.2) is 0 Å². The lowest BCUT2D eigenvalue weighted by molar-refractivity contribution is -0.207. The van der Waals surface area contributed by atoms with Gasteiger partial charge in [-0.3, -0.25) is 14.8 Å². The molecule has 0 aromatic carbocycles. The van der Waals surface area contributed by atoms with Gasteiger partial charge in [-0.15, -0.1) is 0 Å². The fourth-order valence-electron chi connectivity index (χ4n) is 8.87. The lowest BCUT2D eigenvalue weighted by Gasteiger charge is -2.63. The number of hydrogen-bond donors (Lipinski definition) is 5. The minimum Gasteiger partial charge on any atom is -0.393 e. The Labute approximate surface area is 190 Å². The van der Waals surface area contributed by atoms with Crippen LogP contribution in [-0.4, -0.2) is 50.5 Å². The maximum atomic E-state index is 11.9.